The van der Waals surface area contributed by atoms with Crippen LogP contribution in [0.2, 0.25) is 0 Å². The van der Waals surface area contributed by atoms with Gasteiger partial charge in [0.1, 0.15) is 11.3 Å². The number of rotatable bonds is 3. The summed E-state index contributed by atoms with van der Waals surface area (Å²) in [6.45, 7) is 3.82. The number of likely N-dealkylation sites (tertiary alicyclic amines) is 1. The largest absolute Gasteiger partial charge is 0.439 e. The van der Waals surface area contributed by atoms with Crippen molar-refractivity contribution in [2.45, 2.75) is 32.4 Å². The van der Waals surface area contributed by atoms with Gasteiger partial charge in [-0.3, -0.25) is 4.90 Å². The van der Waals surface area contributed by atoms with Crippen LogP contribution in [0.1, 0.15) is 35.9 Å². The van der Waals surface area contributed by atoms with Crippen LogP contribution in [-0.4, -0.2) is 16.4 Å². The Balaban J connectivity index is 1.58. The average Bonchev–Trinajstić information content (AvgIpc) is 3.13. The van der Waals surface area contributed by atoms with Crippen molar-refractivity contribution in [3.8, 4) is 0 Å². The molecule has 2 aromatic carbocycles. The minimum absolute atomic E-state index is 0.281. The third kappa shape index (κ3) is 2.86. The van der Waals surface area contributed by atoms with Gasteiger partial charge in [0.25, 0.3) is 0 Å². The van der Waals surface area contributed by atoms with Crippen molar-refractivity contribution in [3.63, 3.8) is 0 Å². The lowest BCUT2D eigenvalue weighted by Gasteiger charge is -2.23. The van der Waals surface area contributed by atoms with E-state index in [2.05, 4.69) is 41.1 Å². The van der Waals surface area contributed by atoms with Gasteiger partial charge < -0.3 is 4.42 Å². The number of fused-ring (bicyclic) bond motifs is 1. The van der Waals surface area contributed by atoms with Gasteiger partial charge in [-0.1, -0.05) is 29.8 Å². The molecule has 0 radical (unpaired) electrons. The summed E-state index contributed by atoms with van der Waals surface area (Å²) in [5, 5.41) is 0. The number of nitrogens with zero attached hydrogens (tertiary/aromatic N) is 2. The number of aromatic nitrogens is 1. The molecule has 3 aromatic rings. The van der Waals surface area contributed by atoms with Crippen LogP contribution < -0.4 is 0 Å². The van der Waals surface area contributed by atoms with E-state index in [0.29, 0.717) is 29.6 Å². The highest BCUT2D eigenvalue weighted by Crippen LogP contribution is 2.33. The van der Waals surface area contributed by atoms with Crippen molar-refractivity contribution < 1.29 is 8.81 Å². The summed E-state index contributed by atoms with van der Waals surface area (Å²) >= 11 is 0. The maximum Gasteiger partial charge on any atom is 0.209 e. The summed E-state index contributed by atoms with van der Waals surface area (Å²) < 4.78 is 19.1. The molecule has 1 atom stereocenters. The Morgan fingerprint density at radius 3 is 3.04 bits per heavy atom. The summed E-state index contributed by atoms with van der Waals surface area (Å²) in [5.74, 6) is 0.376. The van der Waals surface area contributed by atoms with E-state index in [1.807, 2.05) is 0 Å². The highest BCUT2D eigenvalue weighted by atomic mass is 19.1. The molecule has 1 saturated heterocycles. The Morgan fingerprint density at radius 1 is 1.26 bits per heavy atom. The Hall–Kier alpha value is -2.20. The molecule has 0 saturated carbocycles. The van der Waals surface area contributed by atoms with E-state index in [-0.39, 0.29) is 5.82 Å². The fourth-order valence-electron chi connectivity index (χ4n) is 3.46. The normalized spacial score (nSPS) is 18.8. The van der Waals surface area contributed by atoms with Crippen LogP contribution in [0.3, 0.4) is 0 Å². The number of hydrogen-bond acceptors (Lipinski definition) is 3. The van der Waals surface area contributed by atoms with E-state index in [1.165, 1.54) is 29.7 Å². The predicted molar refractivity (Wildman–Crippen MR) is 87.5 cm³/mol. The fraction of sp³-hybridized carbons (Fsp3) is 0.316. The number of benzene rings is 2. The molecule has 4 heteroatoms. The predicted octanol–water partition coefficient (Wildman–Crippen LogP) is 4.61. The second-order valence-electron chi connectivity index (χ2n) is 6.26. The average molecular weight is 310 g/mol. The molecule has 0 spiro atoms. The van der Waals surface area contributed by atoms with Crippen LogP contribution in [0.25, 0.3) is 11.1 Å². The zero-order chi connectivity index (χ0) is 15.8. The molecule has 0 N–H and O–H groups in total. The Morgan fingerprint density at radius 2 is 2.17 bits per heavy atom. The summed E-state index contributed by atoms with van der Waals surface area (Å²) in [6, 6.07) is 13.6. The standard InChI is InChI=1S/C19H19FN2O/c1-13-4-2-5-14(10-13)17-6-3-9-22(17)12-19-21-16-11-15(20)7-8-18(16)23-19/h2,4-5,7-8,10-11,17H,3,6,9,12H2,1H3. The molecule has 3 nitrogen and oxygen atoms in total. The van der Waals surface area contributed by atoms with Gasteiger partial charge in [-0.25, -0.2) is 9.37 Å². The molecular weight excluding hydrogens is 291 g/mol. The van der Waals surface area contributed by atoms with E-state index >= 15 is 0 Å². The van der Waals surface area contributed by atoms with Crippen LogP contribution in [0.5, 0.6) is 0 Å². The van der Waals surface area contributed by atoms with Gasteiger partial charge in [0.15, 0.2) is 5.58 Å². The number of halogens is 1. The first-order valence-corrected chi connectivity index (χ1v) is 8.04. The van der Waals surface area contributed by atoms with Gasteiger partial charge in [-0.15, -0.1) is 0 Å². The summed E-state index contributed by atoms with van der Waals surface area (Å²) in [4.78, 5) is 6.83. The SMILES string of the molecule is Cc1cccc(C2CCCN2Cc2nc3cc(F)ccc3o2)c1. The van der Waals surface area contributed by atoms with E-state index in [9.17, 15) is 4.39 Å². The zero-order valence-corrected chi connectivity index (χ0v) is 13.1. The molecule has 118 valence electrons. The molecule has 1 fully saturated rings. The highest BCUT2D eigenvalue weighted by Gasteiger charge is 2.27. The quantitative estimate of drug-likeness (QED) is 0.707. The van der Waals surface area contributed by atoms with Gasteiger partial charge in [0.05, 0.1) is 6.54 Å². The van der Waals surface area contributed by atoms with E-state index in [4.69, 9.17) is 4.42 Å². The van der Waals surface area contributed by atoms with Crippen molar-refractivity contribution in [3.05, 3.63) is 65.3 Å². The van der Waals surface area contributed by atoms with Crippen molar-refractivity contribution in [2.24, 2.45) is 0 Å². The lowest BCUT2D eigenvalue weighted by molar-refractivity contribution is 0.226. The molecule has 1 unspecified atom stereocenters. The zero-order valence-electron chi connectivity index (χ0n) is 13.1. The second-order valence-corrected chi connectivity index (χ2v) is 6.26. The van der Waals surface area contributed by atoms with Crippen molar-refractivity contribution in [2.75, 3.05) is 6.54 Å². The van der Waals surface area contributed by atoms with Crippen LogP contribution in [0.4, 0.5) is 4.39 Å². The molecule has 23 heavy (non-hydrogen) atoms. The van der Waals surface area contributed by atoms with Crippen LogP contribution in [0, 0.1) is 12.7 Å². The van der Waals surface area contributed by atoms with Crippen molar-refractivity contribution in [1.82, 2.24) is 9.88 Å². The monoisotopic (exact) mass is 310 g/mol. The maximum absolute atomic E-state index is 13.3. The first-order chi connectivity index (χ1) is 11.2. The number of aryl methyl sites for hydroxylation is 1. The molecular formula is C19H19FN2O. The Kier molecular flexibility index (Phi) is 3.62. The van der Waals surface area contributed by atoms with Crippen molar-refractivity contribution >= 4 is 11.1 Å². The minimum atomic E-state index is -0.281. The fourth-order valence-corrected chi connectivity index (χ4v) is 3.46. The van der Waals surface area contributed by atoms with Crippen LogP contribution in [-0.2, 0) is 6.54 Å². The topological polar surface area (TPSA) is 29.3 Å². The Bertz CT molecular complexity index is 842. The smallest absolute Gasteiger partial charge is 0.209 e. The summed E-state index contributed by atoms with van der Waals surface area (Å²) in [5.41, 5.74) is 3.87. The van der Waals surface area contributed by atoms with Gasteiger partial charge in [-0.05, 0) is 44.0 Å². The highest BCUT2D eigenvalue weighted by molar-refractivity contribution is 5.72. The van der Waals surface area contributed by atoms with Gasteiger partial charge >= 0.3 is 0 Å². The molecule has 1 aliphatic heterocycles. The van der Waals surface area contributed by atoms with E-state index in [1.54, 1.807) is 6.07 Å². The van der Waals surface area contributed by atoms with Gasteiger partial charge in [0.2, 0.25) is 5.89 Å². The third-order valence-electron chi connectivity index (χ3n) is 4.52. The second kappa shape index (κ2) is 5.78. The minimum Gasteiger partial charge on any atom is -0.439 e. The first-order valence-electron chi connectivity index (χ1n) is 8.04. The summed E-state index contributed by atoms with van der Waals surface area (Å²) in [7, 11) is 0. The first kappa shape index (κ1) is 14.4. The molecule has 2 heterocycles. The maximum atomic E-state index is 13.3. The van der Waals surface area contributed by atoms with Gasteiger partial charge in [0, 0.05) is 12.1 Å². The van der Waals surface area contributed by atoms with Crippen molar-refractivity contribution in [1.29, 1.82) is 0 Å². The molecule has 0 bridgehead atoms. The van der Waals surface area contributed by atoms with Crippen LogP contribution in [0.15, 0.2) is 46.9 Å². The molecule has 4 rings (SSSR count). The molecule has 1 aliphatic rings. The number of hydrogen-bond donors (Lipinski definition) is 0. The number of oxazole rings is 1. The lowest BCUT2D eigenvalue weighted by atomic mass is 10.0. The molecule has 1 aromatic heterocycles. The lowest BCUT2D eigenvalue weighted by Crippen LogP contribution is -2.22. The van der Waals surface area contributed by atoms with E-state index < -0.39 is 0 Å². The van der Waals surface area contributed by atoms with Crippen LogP contribution >= 0.6 is 0 Å². The van der Waals surface area contributed by atoms with Gasteiger partial charge in [-0.2, -0.15) is 0 Å². The molecule has 0 amide bonds. The third-order valence-corrected chi connectivity index (χ3v) is 4.52. The Labute approximate surface area is 134 Å². The molecule has 0 aliphatic carbocycles. The summed E-state index contributed by atoms with van der Waals surface area (Å²) in [6.07, 6.45) is 2.33. The van der Waals surface area contributed by atoms with E-state index in [0.717, 1.165) is 13.0 Å².